The highest BCUT2D eigenvalue weighted by atomic mass is 79.9. The van der Waals surface area contributed by atoms with Gasteiger partial charge in [-0.25, -0.2) is 0 Å². The molecule has 0 aromatic rings. The van der Waals surface area contributed by atoms with Crippen LogP contribution in [0.3, 0.4) is 0 Å². The van der Waals surface area contributed by atoms with E-state index in [0.717, 1.165) is 32.1 Å². The van der Waals surface area contributed by atoms with Gasteiger partial charge in [-0.2, -0.15) is 0 Å². The zero-order chi connectivity index (χ0) is 18.0. The van der Waals surface area contributed by atoms with Gasteiger partial charge < -0.3 is 5.11 Å². The Balaban J connectivity index is 1.73. The Labute approximate surface area is 164 Å². The van der Waals surface area contributed by atoms with Gasteiger partial charge in [0.2, 0.25) is 0 Å². The largest absolute Gasteiger partial charge is 0.383 e. The van der Waals surface area contributed by atoms with Crippen molar-refractivity contribution >= 4 is 33.3 Å². The number of alkyl halides is 1. The standard InChI is InChI=1S/C21H28BrClO2/c1-12-9-13-10-14(24)3-4-15(13)16-7-8-20(2)17(19(12)16)5-6-18(23)21(20,25)11-22/h6,10,12,15-17,19,25H,3-5,7-9,11H2,1-2H3/t12-,15+,16-,17+,19-,20+,21+/m1/s1. The second kappa shape index (κ2) is 6.21. The summed E-state index contributed by atoms with van der Waals surface area (Å²) in [4.78, 5) is 11.9. The first kappa shape index (κ1) is 18.3. The second-order valence-corrected chi connectivity index (χ2v) is 10.1. The molecule has 2 fully saturated rings. The van der Waals surface area contributed by atoms with Crippen LogP contribution in [0.1, 0.15) is 52.4 Å². The number of aliphatic hydroxyl groups is 1. The molecule has 4 rings (SSSR count). The molecule has 0 aromatic carbocycles. The Morgan fingerprint density at radius 3 is 2.88 bits per heavy atom. The molecule has 0 radical (unpaired) electrons. The van der Waals surface area contributed by atoms with Crippen molar-refractivity contribution in [1.82, 2.24) is 0 Å². The number of halogens is 2. The average Bonchev–Trinajstić information content (AvgIpc) is 2.58. The number of ketones is 1. The summed E-state index contributed by atoms with van der Waals surface area (Å²) in [6.07, 6.45) is 9.94. The maximum Gasteiger partial charge on any atom is 0.155 e. The molecule has 25 heavy (non-hydrogen) atoms. The maximum absolute atomic E-state index is 11.9. The quantitative estimate of drug-likeness (QED) is 0.582. The summed E-state index contributed by atoms with van der Waals surface area (Å²) >= 11 is 10.1. The number of carbonyl (C=O) groups is 1. The molecule has 4 aliphatic rings. The van der Waals surface area contributed by atoms with Gasteiger partial charge >= 0.3 is 0 Å². The first-order valence-corrected chi connectivity index (χ1v) is 11.2. The van der Waals surface area contributed by atoms with Crippen LogP contribution in [0.4, 0.5) is 0 Å². The van der Waals surface area contributed by atoms with Crippen LogP contribution in [0.15, 0.2) is 22.8 Å². The number of fused-ring (bicyclic) bond motifs is 5. The number of hydrogen-bond acceptors (Lipinski definition) is 2. The van der Waals surface area contributed by atoms with Gasteiger partial charge in [-0.3, -0.25) is 4.79 Å². The normalized spacial score (nSPS) is 49.5. The Morgan fingerprint density at radius 1 is 1.40 bits per heavy atom. The molecule has 2 saturated carbocycles. The van der Waals surface area contributed by atoms with E-state index in [-0.39, 0.29) is 5.41 Å². The molecule has 0 saturated heterocycles. The molecule has 1 N–H and O–H groups in total. The minimum atomic E-state index is -0.958. The third-order valence-corrected chi connectivity index (χ3v) is 9.39. The highest BCUT2D eigenvalue weighted by Gasteiger charge is 2.61. The van der Waals surface area contributed by atoms with Crippen molar-refractivity contribution in [3.63, 3.8) is 0 Å². The zero-order valence-corrected chi connectivity index (χ0v) is 17.4. The molecule has 0 aliphatic heterocycles. The van der Waals surface area contributed by atoms with Crippen molar-refractivity contribution in [2.75, 3.05) is 5.33 Å². The topological polar surface area (TPSA) is 37.3 Å². The lowest BCUT2D eigenvalue weighted by atomic mass is 9.44. The molecule has 0 aromatic heterocycles. The Hall–Kier alpha value is -0.120. The minimum Gasteiger partial charge on any atom is -0.383 e. The lowest BCUT2D eigenvalue weighted by Crippen LogP contribution is -2.61. The van der Waals surface area contributed by atoms with Crippen molar-refractivity contribution in [3.05, 3.63) is 22.8 Å². The van der Waals surface area contributed by atoms with E-state index in [2.05, 4.69) is 35.9 Å². The van der Waals surface area contributed by atoms with Gasteiger partial charge in [0.1, 0.15) is 5.60 Å². The van der Waals surface area contributed by atoms with Crippen LogP contribution in [0.2, 0.25) is 0 Å². The predicted molar refractivity (Wildman–Crippen MR) is 105 cm³/mol. The molecule has 0 amide bonds. The van der Waals surface area contributed by atoms with Gasteiger partial charge in [0.15, 0.2) is 5.78 Å². The summed E-state index contributed by atoms with van der Waals surface area (Å²) < 4.78 is 0. The van der Waals surface area contributed by atoms with Gasteiger partial charge in [0, 0.05) is 22.2 Å². The van der Waals surface area contributed by atoms with E-state index in [4.69, 9.17) is 11.6 Å². The third kappa shape index (κ3) is 2.48. The molecule has 138 valence electrons. The third-order valence-electron chi connectivity index (χ3n) is 8.11. The summed E-state index contributed by atoms with van der Waals surface area (Å²) in [7, 11) is 0. The van der Waals surface area contributed by atoms with Gasteiger partial charge in [0.05, 0.1) is 0 Å². The van der Waals surface area contributed by atoms with E-state index >= 15 is 0 Å². The van der Waals surface area contributed by atoms with E-state index in [9.17, 15) is 9.90 Å². The van der Waals surface area contributed by atoms with Crippen molar-refractivity contribution in [1.29, 1.82) is 0 Å². The predicted octanol–water partition coefficient (Wildman–Crippen LogP) is 5.23. The fourth-order valence-electron chi connectivity index (χ4n) is 6.75. The van der Waals surface area contributed by atoms with Crippen LogP contribution < -0.4 is 0 Å². The molecule has 2 nitrogen and oxygen atoms in total. The number of allylic oxidation sites excluding steroid dienone is 3. The van der Waals surface area contributed by atoms with Crippen LogP contribution in [0.5, 0.6) is 0 Å². The lowest BCUT2D eigenvalue weighted by molar-refractivity contribution is -0.140. The maximum atomic E-state index is 11.9. The summed E-state index contributed by atoms with van der Waals surface area (Å²) in [6, 6.07) is 0. The molecular weight excluding hydrogens is 400 g/mol. The Bertz CT molecular complexity index is 656. The molecule has 4 aliphatic carbocycles. The van der Waals surface area contributed by atoms with Crippen LogP contribution in [-0.4, -0.2) is 21.8 Å². The molecule has 0 spiro atoms. The summed E-state index contributed by atoms with van der Waals surface area (Å²) in [5.41, 5.74) is 0.276. The van der Waals surface area contributed by atoms with Crippen molar-refractivity contribution in [3.8, 4) is 0 Å². The van der Waals surface area contributed by atoms with E-state index in [1.807, 2.05) is 6.08 Å². The van der Waals surface area contributed by atoms with Crippen LogP contribution in [0, 0.1) is 35.0 Å². The van der Waals surface area contributed by atoms with Crippen LogP contribution >= 0.6 is 27.5 Å². The summed E-state index contributed by atoms with van der Waals surface area (Å²) in [6.45, 7) is 4.61. The fourth-order valence-corrected chi connectivity index (χ4v) is 8.23. The van der Waals surface area contributed by atoms with Crippen LogP contribution in [0.25, 0.3) is 0 Å². The van der Waals surface area contributed by atoms with Gasteiger partial charge in [-0.1, -0.05) is 53.0 Å². The van der Waals surface area contributed by atoms with Crippen molar-refractivity contribution < 1.29 is 9.90 Å². The van der Waals surface area contributed by atoms with Gasteiger partial charge in [-0.05, 0) is 67.8 Å². The molecule has 0 unspecified atom stereocenters. The van der Waals surface area contributed by atoms with E-state index in [0.29, 0.717) is 52.2 Å². The number of hydrogen-bond donors (Lipinski definition) is 1. The number of rotatable bonds is 1. The highest BCUT2D eigenvalue weighted by Crippen LogP contribution is 2.64. The van der Waals surface area contributed by atoms with Crippen molar-refractivity contribution in [2.45, 2.75) is 58.0 Å². The Morgan fingerprint density at radius 2 is 2.16 bits per heavy atom. The van der Waals surface area contributed by atoms with E-state index in [1.165, 1.54) is 5.57 Å². The smallest absolute Gasteiger partial charge is 0.155 e. The minimum absolute atomic E-state index is 0.177. The van der Waals surface area contributed by atoms with Gasteiger partial charge in [0.25, 0.3) is 0 Å². The lowest BCUT2D eigenvalue weighted by Gasteiger charge is -2.62. The van der Waals surface area contributed by atoms with Crippen LogP contribution in [-0.2, 0) is 4.79 Å². The first-order valence-electron chi connectivity index (χ1n) is 9.69. The average molecular weight is 428 g/mol. The van der Waals surface area contributed by atoms with E-state index in [1.54, 1.807) is 0 Å². The first-order chi connectivity index (χ1) is 11.8. The SMILES string of the molecule is C[C@@H]1CC2=CC(=O)CC[C@@H]2[C@H]2CC[C@@]3(C)[C@@H](CC=C(Cl)[C@@]3(O)CBr)[C@@H]21. The molecule has 7 atom stereocenters. The van der Waals surface area contributed by atoms with Gasteiger partial charge in [-0.15, -0.1) is 0 Å². The molecular formula is C21H28BrClO2. The molecule has 4 heteroatoms. The summed E-state index contributed by atoms with van der Waals surface area (Å²) in [5, 5.41) is 12.6. The molecule has 0 heterocycles. The summed E-state index contributed by atoms with van der Waals surface area (Å²) in [5.74, 6) is 3.20. The second-order valence-electron chi connectivity index (χ2n) is 9.10. The zero-order valence-electron chi connectivity index (χ0n) is 15.1. The fraction of sp³-hybridized carbons (Fsp3) is 0.762. The Kier molecular flexibility index (Phi) is 4.53. The molecule has 0 bridgehead atoms. The van der Waals surface area contributed by atoms with E-state index < -0.39 is 5.60 Å². The highest BCUT2D eigenvalue weighted by molar-refractivity contribution is 9.09. The van der Waals surface area contributed by atoms with Crippen molar-refractivity contribution in [2.24, 2.45) is 35.0 Å². The monoisotopic (exact) mass is 426 g/mol. The number of carbonyl (C=O) groups excluding carboxylic acids is 1.